The molecule has 6 nitrogen and oxygen atoms in total. The minimum atomic E-state index is -0.435. The number of hydrogen-bond acceptors (Lipinski definition) is 6. The Labute approximate surface area is 157 Å². The Morgan fingerprint density at radius 2 is 1.70 bits per heavy atom. The minimum Gasteiger partial charge on any atom is -0.506 e. The fraction of sp³-hybridized carbons (Fsp3) is 0.286. The van der Waals surface area contributed by atoms with Gasteiger partial charge in [-0.15, -0.1) is 0 Å². The van der Waals surface area contributed by atoms with Crippen LogP contribution in [0.15, 0.2) is 30.3 Å². The van der Waals surface area contributed by atoms with Gasteiger partial charge in [0.2, 0.25) is 0 Å². The van der Waals surface area contributed by atoms with Crippen LogP contribution in [0, 0.1) is 0 Å². The van der Waals surface area contributed by atoms with Crippen LogP contribution < -0.4 is 14.4 Å². The molecule has 2 aromatic rings. The molecule has 4 rings (SSSR count). The van der Waals surface area contributed by atoms with Gasteiger partial charge in [-0.05, 0) is 48.7 Å². The first-order valence-corrected chi connectivity index (χ1v) is 8.89. The molecule has 1 saturated heterocycles. The van der Waals surface area contributed by atoms with E-state index in [0.29, 0.717) is 28.4 Å². The lowest BCUT2D eigenvalue weighted by Crippen LogP contribution is -2.17. The zero-order valence-electron chi connectivity index (χ0n) is 15.3. The average Bonchev–Trinajstić information content (AvgIpc) is 3.30. The van der Waals surface area contributed by atoms with Gasteiger partial charge < -0.3 is 24.2 Å². The van der Waals surface area contributed by atoms with Gasteiger partial charge in [0.1, 0.15) is 11.5 Å². The van der Waals surface area contributed by atoms with Crippen LogP contribution in [-0.4, -0.2) is 38.4 Å². The Bertz CT molecular complexity index is 928. The maximum absolute atomic E-state index is 12.2. The number of esters is 1. The molecule has 2 heterocycles. The molecule has 1 fully saturated rings. The van der Waals surface area contributed by atoms with E-state index in [2.05, 4.69) is 4.90 Å². The highest BCUT2D eigenvalue weighted by Crippen LogP contribution is 2.40. The summed E-state index contributed by atoms with van der Waals surface area (Å²) in [6.45, 7) is 1.92. The van der Waals surface area contributed by atoms with E-state index in [1.54, 1.807) is 31.4 Å². The summed E-state index contributed by atoms with van der Waals surface area (Å²) in [4.78, 5) is 14.4. The molecule has 0 aliphatic carbocycles. The molecule has 1 N–H and O–H groups in total. The number of methoxy groups -OCH3 is 2. The third-order valence-electron chi connectivity index (χ3n) is 4.96. The molecule has 0 unspecified atom stereocenters. The second kappa shape index (κ2) is 6.87. The van der Waals surface area contributed by atoms with Crippen molar-refractivity contribution in [2.45, 2.75) is 12.8 Å². The predicted octanol–water partition coefficient (Wildman–Crippen LogP) is 3.68. The van der Waals surface area contributed by atoms with Crippen LogP contribution in [0.2, 0.25) is 0 Å². The summed E-state index contributed by atoms with van der Waals surface area (Å²) in [6, 6.07) is 8.84. The van der Waals surface area contributed by atoms with Gasteiger partial charge in [-0.1, -0.05) is 6.07 Å². The largest absolute Gasteiger partial charge is 0.506 e. The van der Waals surface area contributed by atoms with E-state index in [1.165, 1.54) is 7.11 Å². The number of fused-ring (bicyclic) bond motifs is 1. The first-order chi connectivity index (χ1) is 13.1. The average molecular weight is 367 g/mol. The molecule has 0 atom stereocenters. The monoisotopic (exact) mass is 367 g/mol. The second-order valence-corrected chi connectivity index (χ2v) is 6.59. The Kier molecular flexibility index (Phi) is 4.39. The summed E-state index contributed by atoms with van der Waals surface area (Å²) in [5.41, 5.74) is 2.66. The topological polar surface area (TPSA) is 68.2 Å². The lowest BCUT2D eigenvalue weighted by atomic mass is 10.0. The normalized spacial score (nSPS) is 17.2. The number of phenols is 1. The predicted molar refractivity (Wildman–Crippen MR) is 102 cm³/mol. The van der Waals surface area contributed by atoms with Gasteiger partial charge in [0.15, 0.2) is 11.5 Å². The maximum atomic E-state index is 12.2. The highest BCUT2D eigenvalue weighted by atomic mass is 16.5. The van der Waals surface area contributed by atoms with E-state index in [4.69, 9.17) is 14.2 Å². The van der Waals surface area contributed by atoms with Crippen molar-refractivity contribution in [3.8, 4) is 17.2 Å². The van der Waals surface area contributed by atoms with E-state index in [0.717, 1.165) is 37.2 Å². The van der Waals surface area contributed by atoms with E-state index in [-0.39, 0.29) is 5.75 Å². The van der Waals surface area contributed by atoms with Gasteiger partial charge in [0, 0.05) is 18.7 Å². The van der Waals surface area contributed by atoms with Gasteiger partial charge in [-0.3, -0.25) is 0 Å². The van der Waals surface area contributed by atoms with Crippen LogP contribution in [-0.2, 0) is 4.74 Å². The molecular weight excluding hydrogens is 346 g/mol. The van der Waals surface area contributed by atoms with Crippen molar-refractivity contribution in [3.05, 3.63) is 47.0 Å². The second-order valence-electron chi connectivity index (χ2n) is 6.59. The number of aromatic hydroxyl groups is 1. The number of hydrogen-bond donors (Lipinski definition) is 1. The zero-order chi connectivity index (χ0) is 19.0. The fourth-order valence-corrected chi connectivity index (χ4v) is 3.58. The Morgan fingerprint density at radius 1 is 1.04 bits per heavy atom. The number of anilines is 1. The van der Waals surface area contributed by atoms with Crippen molar-refractivity contribution >= 4 is 23.5 Å². The van der Waals surface area contributed by atoms with Crippen molar-refractivity contribution < 1.29 is 24.1 Å². The molecule has 27 heavy (non-hydrogen) atoms. The van der Waals surface area contributed by atoms with Crippen LogP contribution in [0.3, 0.4) is 0 Å². The van der Waals surface area contributed by atoms with E-state index in [9.17, 15) is 9.90 Å². The third-order valence-corrected chi connectivity index (χ3v) is 4.96. The Morgan fingerprint density at radius 3 is 2.33 bits per heavy atom. The summed E-state index contributed by atoms with van der Waals surface area (Å²) in [7, 11) is 3.06. The standard InChI is InChI=1S/C21H21NO5/c1-25-19-11-14-15(12-20(19)26-2)21(24)27-18(14)10-13-5-6-16(17(23)9-13)22-7-3-4-8-22/h5-6,9-12,23H,3-4,7-8H2,1-2H3/b18-10+. The van der Waals surface area contributed by atoms with Crippen molar-refractivity contribution in [2.24, 2.45) is 0 Å². The van der Waals surface area contributed by atoms with Crippen molar-refractivity contribution in [1.29, 1.82) is 0 Å². The van der Waals surface area contributed by atoms with Crippen LogP contribution in [0.1, 0.15) is 34.3 Å². The van der Waals surface area contributed by atoms with E-state index < -0.39 is 5.97 Å². The number of benzene rings is 2. The highest BCUT2D eigenvalue weighted by Gasteiger charge is 2.29. The summed E-state index contributed by atoms with van der Waals surface area (Å²) in [5.74, 6) is 1.21. The highest BCUT2D eigenvalue weighted by molar-refractivity contribution is 6.06. The van der Waals surface area contributed by atoms with Crippen molar-refractivity contribution in [2.75, 3.05) is 32.2 Å². The molecule has 0 spiro atoms. The number of carbonyl (C=O) groups is 1. The summed E-state index contributed by atoms with van der Waals surface area (Å²) in [6.07, 6.45) is 4.02. The van der Waals surface area contributed by atoms with Gasteiger partial charge in [0.05, 0.1) is 25.5 Å². The molecule has 0 saturated carbocycles. The lowest BCUT2D eigenvalue weighted by Gasteiger charge is -2.19. The molecule has 0 amide bonds. The zero-order valence-corrected chi connectivity index (χ0v) is 15.3. The first kappa shape index (κ1) is 17.3. The first-order valence-electron chi connectivity index (χ1n) is 8.89. The lowest BCUT2D eigenvalue weighted by molar-refractivity contribution is 0.0717. The number of ether oxygens (including phenoxy) is 3. The fourth-order valence-electron chi connectivity index (χ4n) is 3.58. The number of cyclic esters (lactones) is 1. The molecule has 0 bridgehead atoms. The van der Waals surface area contributed by atoms with Gasteiger partial charge >= 0.3 is 5.97 Å². The van der Waals surface area contributed by atoms with E-state index in [1.807, 2.05) is 12.1 Å². The molecule has 2 aliphatic heterocycles. The quantitative estimate of drug-likeness (QED) is 0.832. The molecule has 140 valence electrons. The number of phenolic OH excluding ortho intramolecular Hbond substituents is 1. The molecule has 0 radical (unpaired) electrons. The Balaban J connectivity index is 1.70. The van der Waals surface area contributed by atoms with Gasteiger partial charge in [0.25, 0.3) is 0 Å². The van der Waals surface area contributed by atoms with Crippen LogP contribution in [0.4, 0.5) is 5.69 Å². The maximum Gasteiger partial charge on any atom is 0.344 e. The third kappa shape index (κ3) is 3.07. The van der Waals surface area contributed by atoms with Crippen molar-refractivity contribution in [3.63, 3.8) is 0 Å². The van der Waals surface area contributed by atoms with Crippen LogP contribution in [0.25, 0.3) is 11.8 Å². The number of rotatable bonds is 4. The SMILES string of the molecule is COc1cc2c(cc1OC)/C(=C\c1ccc(N3CCCC3)c(O)c1)OC2=O. The molecule has 6 heteroatoms. The summed E-state index contributed by atoms with van der Waals surface area (Å²) >= 11 is 0. The van der Waals surface area contributed by atoms with Gasteiger partial charge in [-0.25, -0.2) is 4.79 Å². The smallest absolute Gasteiger partial charge is 0.344 e. The van der Waals surface area contributed by atoms with Crippen molar-refractivity contribution in [1.82, 2.24) is 0 Å². The summed E-state index contributed by atoms with van der Waals surface area (Å²) < 4.78 is 16.0. The molecular formula is C21H21NO5. The van der Waals surface area contributed by atoms with Crippen LogP contribution in [0.5, 0.6) is 17.2 Å². The number of nitrogens with zero attached hydrogens (tertiary/aromatic N) is 1. The van der Waals surface area contributed by atoms with Crippen LogP contribution >= 0.6 is 0 Å². The van der Waals surface area contributed by atoms with E-state index >= 15 is 0 Å². The summed E-state index contributed by atoms with van der Waals surface area (Å²) in [5, 5.41) is 10.4. The Hall–Kier alpha value is -3.15. The number of carbonyl (C=O) groups excluding carboxylic acids is 1. The minimum absolute atomic E-state index is 0.225. The molecule has 0 aromatic heterocycles. The van der Waals surface area contributed by atoms with Gasteiger partial charge in [-0.2, -0.15) is 0 Å². The molecule has 2 aromatic carbocycles. The molecule has 2 aliphatic rings.